The van der Waals surface area contributed by atoms with Crippen molar-refractivity contribution in [2.24, 2.45) is 0 Å². The minimum Gasteiger partial charge on any atom is -0.464 e. The van der Waals surface area contributed by atoms with Crippen LogP contribution in [0.3, 0.4) is 0 Å². The molecule has 92 valence electrons. The number of pyridine rings is 1. The van der Waals surface area contributed by atoms with Gasteiger partial charge in [-0.3, -0.25) is 0 Å². The first-order chi connectivity index (χ1) is 8.01. The van der Waals surface area contributed by atoms with Crippen LogP contribution in [0.1, 0.15) is 5.56 Å². The zero-order chi connectivity index (χ0) is 12.1. The van der Waals surface area contributed by atoms with Crippen LogP contribution in [-0.2, 0) is 14.8 Å². The second-order valence-corrected chi connectivity index (χ2v) is 6.15. The fourth-order valence-corrected chi connectivity index (χ4v) is 3.11. The fraction of sp³-hybridized carbons (Fsp3) is 0.500. The first-order valence-electron chi connectivity index (χ1n) is 5.24. The summed E-state index contributed by atoms with van der Waals surface area (Å²) in [5.74, 6) is 0.156. The first-order valence-corrected chi connectivity index (χ1v) is 6.72. The zero-order valence-corrected chi connectivity index (χ0v) is 10.1. The molecule has 0 atom stereocenters. The van der Waals surface area contributed by atoms with E-state index in [9.17, 15) is 8.42 Å². The highest BCUT2D eigenvalue weighted by atomic mass is 32.2. The number of rotatable bonds is 0. The van der Waals surface area contributed by atoms with Crippen LogP contribution in [0, 0.1) is 6.92 Å². The lowest BCUT2D eigenvalue weighted by Gasteiger charge is -2.39. The summed E-state index contributed by atoms with van der Waals surface area (Å²) in [4.78, 5) is 4.15. The Hall–Kier alpha value is -1.18. The van der Waals surface area contributed by atoms with Gasteiger partial charge < -0.3 is 9.47 Å². The minimum absolute atomic E-state index is 0.0984. The molecule has 2 aliphatic rings. The Kier molecular flexibility index (Phi) is 2.19. The molecule has 6 nitrogen and oxygen atoms in total. The molecular formula is C10H12N2O4S. The summed E-state index contributed by atoms with van der Waals surface area (Å²) in [6.07, 6.45) is 1.59. The number of sulfonamides is 1. The van der Waals surface area contributed by atoms with Crippen molar-refractivity contribution in [3.8, 4) is 5.88 Å². The second-order valence-electron chi connectivity index (χ2n) is 4.42. The molecule has 1 saturated heterocycles. The lowest BCUT2D eigenvalue weighted by atomic mass is 10.0. The topological polar surface area (TPSA) is 77.5 Å². The first kappa shape index (κ1) is 10.9. The summed E-state index contributed by atoms with van der Waals surface area (Å²) in [6, 6.07) is 1.56. The average molecular weight is 256 g/mol. The van der Waals surface area contributed by atoms with E-state index in [-0.39, 0.29) is 17.3 Å². The molecule has 1 aromatic rings. The Labute approximate surface area is 99.0 Å². The number of hydrogen-bond donors (Lipinski definition) is 1. The van der Waals surface area contributed by atoms with E-state index in [1.54, 1.807) is 19.2 Å². The van der Waals surface area contributed by atoms with Gasteiger partial charge in [0.2, 0.25) is 15.9 Å². The smallest absolute Gasteiger partial charge is 0.246 e. The Morgan fingerprint density at radius 3 is 2.88 bits per heavy atom. The molecule has 0 radical (unpaired) electrons. The number of aryl methyl sites for hydroxylation is 1. The van der Waals surface area contributed by atoms with Gasteiger partial charge in [-0.25, -0.2) is 18.1 Å². The molecule has 0 amide bonds. The van der Waals surface area contributed by atoms with Crippen LogP contribution in [-0.4, -0.2) is 38.8 Å². The monoisotopic (exact) mass is 256 g/mol. The van der Waals surface area contributed by atoms with Crippen molar-refractivity contribution in [3.63, 3.8) is 0 Å². The summed E-state index contributed by atoms with van der Waals surface area (Å²) in [5, 5.41) is 0. The largest absolute Gasteiger partial charge is 0.464 e. The number of ether oxygens (including phenoxy) is 2. The van der Waals surface area contributed by atoms with Crippen LogP contribution in [0.2, 0.25) is 0 Å². The Morgan fingerprint density at radius 1 is 1.47 bits per heavy atom. The third-order valence-corrected chi connectivity index (χ3v) is 4.27. The van der Waals surface area contributed by atoms with E-state index in [4.69, 9.17) is 9.47 Å². The molecule has 3 rings (SSSR count). The molecule has 3 heterocycles. The highest BCUT2D eigenvalue weighted by molar-refractivity contribution is 7.89. The van der Waals surface area contributed by atoms with E-state index in [1.807, 2.05) is 0 Å². The third kappa shape index (κ3) is 1.70. The number of fused-ring (bicyclic) bond motifs is 1. The van der Waals surface area contributed by atoms with Crippen molar-refractivity contribution >= 4 is 10.0 Å². The van der Waals surface area contributed by atoms with Crippen LogP contribution in [0.25, 0.3) is 0 Å². The van der Waals surface area contributed by atoms with Crippen LogP contribution in [0.15, 0.2) is 17.2 Å². The van der Waals surface area contributed by atoms with Crippen molar-refractivity contribution in [3.05, 3.63) is 17.8 Å². The van der Waals surface area contributed by atoms with Gasteiger partial charge in [0.1, 0.15) is 4.90 Å². The molecular weight excluding hydrogens is 244 g/mol. The lowest BCUT2D eigenvalue weighted by Crippen LogP contribution is -2.59. The zero-order valence-electron chi connectivity index (χ0n) is 9.26. The highest BCUT2D eigenvalue weighted by Gasteiger charge is 2.45. The van der Waals surface area contributed by atoms with Gasteiger partial charge in [0, 0.05) is 6.20 Å². The van der Waals surface area contributed by atoms with Gasteiger partial charge in [-0.1, -0.05) is 0 Å². The number of nitrogens with one attached hydrogen (secondary N) is 1. The summed E-state index contributed by atoms with van der Waals surface area (Å²) in [5.41, 5.74) is 0.180. The van der Waals surface area contributed by atoms with Crippen LogP contribution >= 0.6 is 0 Å². The standard InChI is InChI=1S/C10H12N2O4S/c1-7-2-8-9(11-3-7)16-10(5-15-6-10)4-12-17(8,13)14/h2-3,12H,4-6H2,1H3. The minimum atomic E-state index is -3.54. The normalized spacial score (nSPS) is 24.3. The summed E-state index contributed by atoms with van der Waals surface area (Å²) < 4.78 is 37.3. The molecule has 0 aromatic carbocycles. The van der Waals surface area contributed by atoms with Crippen LogP contribution in [0.5, 0.6) is 5.88 Å². The quantitative estimate of drug-likeness (QED) is 0.697. The van der Waals surface area contributed by atoms with Crippen LogP contribution < -0.4 is 9.46 Å². The SMILES string of the molecule is Cc1cnc2c(c1)S(=O)(=O)NCC1(COC1)O2. The van der Waals surface area contributed by atoms with Gasteiger partial charge in [-0.05, 0) is 18.6 Å². The highest BCUT2D eigenvalue weighted by Crippen LogP contribution is 2.32. The van der Waals surface area contributed by atoms with E-state index in [0.29, 0.717) is 13.2 Å². The van der Waals surface area contributed by atoms with E-state index >= 15 is 0 Å². The summed E-state index contributed by atoms with van der Waals surface area (Å²) in [7, 11) is -3.54. The molecule has 0 unspecified atom stereocenters. The molecule has 0 saturated carbocycles. The van der Waals surface area contributed by atoms with E-state index in [1.165, 1.54) is 0 Å². The number of aromatic nitrogens is 1. The molecule has 1 spiro atoms. The molecule has 0 aliphatic carbocycles. The van der Waals surface area contributed by atoms with E-state index in [2.05, 4.69) is 9.71 Å². The maximum atomic E-state index is 12.0. The summed E-state index contributed by atoms with van der Waals surface area (Å²) >= 11 is 0. The fourth-order valence-electron chi connectivity index (χ4n) is 1.84. The molecule has 1 fully saturated rings. The van der Waals surface area contributed by atoms with Gasteiger partial charge >= 0.3 is 0 Å². The van der Waals surface area contributed by atoms with Crippen LogP contribution in [0.4, 0.5) is 0 Å². The van der Waals surface area contributed by atoms with Crippen molar-refractivity contribution < 1.29 is 17.9 Å². The molecule has 7 heteroatoms. The van der Waals surface area contributed by atoms with E-state index < -0.39 is 15.6 Å². The third-order valence-electron chi connectivity index (χ3n) is 2.87. The number of nitrogens with zero attached hydrogens (tertiary/aromatic N) is 1. The van der Waals surface area contributed by atoms with E-state index in [0.717, 1.165) is 5.56 Å². The Balaban J connectivity index is 2.13. The molecule has 17 heavy (non-hydrogen) atoms. The van der Waals surface area contributed by atoms with Crippen molar-refractivity contribution in [1.29, 1.82) is 0 Å². The van der Waals surface area contributed by atoms with Gasteiger partial charge in [0.25, 0.3) is 0 Å². The van der Waals surface area contributed by atoms with Crippen molar-refractivity contribution in [1.82, 2.24) is 9.71 Å². The predicted molar refractivity (Wildman–Crippen MR) is 58.3 cm³/mol. The lowest BCUT2D eigenvalue weighted by molar-refractivity contribution is -0.158. The van der Waals surface area contributed by atoms with Gasteiger partial charge in [0.15, 0.2) is 5.60 Å². The molecule has 1 aromatic heterocycles. The molecule has 2 aliphatic heterocycles. The summed E-state index contributed by atoms with van der Waals surface area (Å²) in [6.45, 7) is 2.76. The Bertz CT molecular complexity index is 566. The second kappa shape index (κ2) is 3.41. The van der Waals surface area contributed by atoms with Gasteiger partial charge in [0.05, 0.1) is 19.8 Å². The Morgan fingerprint density at radius 2 is 2.24 bits per heavy atom. The maximum absolute atomic E-state index is 12.0. The average Bonchev–Trinajstić information content (AvgIpc) is 2.34. The predicted octanol–water partition coefficient (Wildman–Crippen LogP) is -0.170. The number of hydrogen-bond acceptors (Lipinski definition) is 5. The van der Waals surface area contributed by atoms with Crippen molar-refractivity contribution in [2.75, 3.05) is 19.8 Å². The molecule has 0 bridgehead atoms. The van der Waals surface area contributed by atoms with Gasteiger partial charge in [-0.15, -0.1) is 0 Å². The maximum Gasteiger partial charge on any atom is 0.246 e. The molecule has 1 N–H and O–H groups in total. The van der Waals surface area contributed by atoms with Gasteiger partial charge in [-0.2, -0.15) is 0 Å². The van der Waals surface area contributed by atoms with Crippen molar-refractivity contribution in [2.45, 2.75) is 17.4 Å².